The Kier molecular flexibility index (Phi) is 6.82. The molecule has 2 rings (SSSR count). The number of piperidine rings is 1. The third-order valence-electron chi connectivity index (χ3n) is 3.82. The van der Waals surface area contributed by atoms with Gasteiger partial charge in [-0.05, 0) is 66.0 Å². The third kappa shape index (κ3) is 5.03. The van der Waals surface area contributed by atoms with E-state index in [1.165, 1.54) is 37.8 Å². The molecule has 0 amide bonds. The normalized spacial score (nSPS) is 19.5. The van der Waals surface area contributed by atoms with E-state index in [1.807, 2.05) is 6.07 Å². The highest BCUT2D eigenvalue weighted by molar-refractivity contribution is 9.10. The van der Waals surface area contributed by atoms with Crippen molar-refractivity contribution in [3.05, 3.63) is 33.3 Å². The fourth-order valence-electron chi connectivity index (χ4n) is 2.84. The van der Waals surface area contributed by atoms with E-state index in [0.717, 1.165) is 29.1 Å². The predicted octanol–water partition coefficient (Wildman–Crippen LogP) is 4.46. The van der Waals surface area contributed by atoms with E-state index >= 15 is 0 Å². The molecule has 112 valence electrons. The summed E-state index contributed by atoms with van der Waals surface area (Å²) in [5.41, 5.74) is 1.32. The average Bonchev–Trinajstić information content (AvgIpc) is 2.44. The number of hydrogen-bond donors (Lipinski definition) is 1. The van der Waals surface area contributed by atoms with Crippen molar-refractivity contribution >= 4 is 27.5 Å². The van der Waals surface area contributed by atoms with E-state index in [0.29, 0.717) is 6.04 Å². The molecule has 1 fully saturated rings. The largest absolute Gasteiger partial charge is 0.313 e. The van der Waals surface area contributed by atoms with Crippen LogP contribution in [0.15, 0.2) is 22.7 Å². The highest BCUT2D eigenvalue weighted by Crippen LogP contribution is 2.24. The van der Waals surface area contributed by atoms with Crippen LogP contribution in [0.4, 0.5) is 0 Å². The Bertz CT molecular complexity index is 419. The molecule has 1 atom stereocenters. The quantitative estimate of drug-likeness (QED) is 0.807. The minimum Gasteiger partial charge on any atom is -0.313 e. The van der Waals surface area contributed by atoms with E-state index < -0.39 is 0 Å². The fraction of sp³-hybridized carbons (Fsp3) is 0.625. The molecule has 0 aliphatic carbocycles. The van der Waals surface area contributed by atoms with Gasteiger partial charge in [-0.15, -0.1) is 0 Å². The molecule has 1 unspecified atom stereocenters. The van der Waals surface area contributed by atoms with Crippen molar-refractivity contribution in [1.82, 2.24) is 10.2 Å². The number of hydrogen-bond acceptors (Lipinski definition) is 2. The summed E-state index contributed by atoms with van der Waals surface area (Å²) in [6.45, 7) is 6.73. The fourth-order valence-corrected chi connectivity index (χ4v) is 3.38. The van der Waals surface area contributed by atoms with E-state index in [1.54, 1.807) is 0 Å². The molecule has 0 radical (unpaired) electrons. The maximum absolute atomic E-state index is 6.06. The Hall–Kier alpha value is -0.0900. The highest BCUT2D eigenvalue weighted by Gasteiger charge is 2.16. The Morgan fingerprint density at radius 3 is 2.90 bits per heavy atom. The van der Waals surface area contributed by atoms with Crippen LogP contribution in [0.1, 0.15) is 38.2 Å². The smallest absolute Gasteiger partial charge is 0.0548 e. The van der Waals surface area contributed by atoms with Gasteiger partial charge in [0.25, 0.3) is 0 Å². The summed E-state index contributed by atoms with van der Waals surface area (Å²) in [5.74, 6) is 0. The van der Waals surface area contributed by atoms with Gasteiger partial charge in [0.15, 0.2) is 0 Å². The molecule has 0 aromatic heterocycles. The number of benzene rings is 1. The zero-order valence-corrected chi connectivity index (χ0v) is 14.5. The lowest BCUT2D eigenvalue weighted by Gasteiger charge is -2.30. The second-order valence-corrected chi connectivity index (χ2v) is 6.89. The molecular weight excluding hydrogens is 336 g/mol. The standard InChI is InChI=1S/C16H24BrClN2/c1-2-9-20(12-14-5-3-4-8-19-14)11-13-6-7-16(18)15(17)10-13/h6-7,10,14,19H,2-5,8-9,11-12H2,1H3. The molecule has 1 heterocycles. The maximum Gasteiger partial charge on any atom is 0.0548 e. The molecule has 1 N–H and O–H groups in total. The number of nitrogens with zero attached hydrogens (tertiary/aromatic N) is 1. The van der Waals surface area contributed by atoms with Crippen molar-refractivity contribution in [1.29, 1.82) is 0 Å². The second kappa shape index (κ2) is 8.38. The number of nitrogens with one attached hydrogen (secondary N) is 1. The minimum absolute atomic E-state index is 0.658. The first-order valence-electron chi connectivity index (χ1n) is 7.58. The zero-order chi connectivity index (χ0) is 14.4. The molecule has 1 aromatic carbocycles. The van der Waals surface area contributed by atoms with Crippen molar-refractivity contribution in [3.63, 3.8) is 0 Å². The van der Waals surface area contributed by atoms with Crippen LogP contribution >= 0.6 is 27.5 Å². The molecule has 2 nitrogen and oxygen atoms in total. The van der Waals surface area contributed by atoms with Gasteiger partial charge in [0.1, 0.15) is 0 Å². The van der Waals surface area contributed by atoms with Crippen molar-refractivity contribution in [3.8, 4) is 0 Å². The Morgan fingerprint density at radius 2 is 2.25 bits per heavy atom. The van der Waals surface area contributed by atoms with Crippen LogP contribution in [0, 0.1) is 0 Å². The van der Waals surface area contributed by atoms with Gasteiger partial charge in [-0.1, -0.05) is 31.0 Å². The SMILES string of the molecule is CCCN(Cc1ccc(Cl)c(Br)c1)CC1CCCCN1. The molecule has 1 aliphatic heterocycles. The van der Waals surface area contributed by atoms with Gasteiger partial charge < -0.3 is 5.32 Å². The topological polar surface area (TPSA) is 15.3 Å². The first kappa shape index (κ1) is 16.3. The van der Waals surface area contributed by atoms with Crippen molar-refractivity contribution in [2.45, 2.75) is 45.2 Å². The van der Waals surface area contributed by atoms with E-state index in [2.05, 4.69) is 45.2 Å². The van der Waals surface area contributed by atoms with Crippen LogP contribution < -0.4 is 5.32 Å². The van der Waals surface area contributed by atoms with E-state index in [4.69, 9.17) is 11.6 Å². The second-order valence-electron chi connectivity index (χ2n) is 5.63. The van der Waals surface area contributed by atoms with Gasteiger partial charge in [-0.2, -0.15) is 0 Å². The number of rotatable bonds is 6. The zero-order valence-electron chi connectivity index (χ0n) is 12.2. The Morgan fingerprint density at radius 1 is 1.40 bits per heavy atom. The third-order valence-corrected chi connectivity index (χ3v) is 5.03. The molecule has 4 heteroatoms. The van der Waals surface area contributed by atoms with Gasteiger partial charge in [0.05, 0.1) is 5.02 Å². The van der Waals surface area contributed by atoms with Crippen LogP contribution in [0.2, 0.25) is 5.02 Å². The summed E-state index contributed by atoms with van der Waals surface area (Å²) in [4.78, 5) is 2.55. The Balaban J connectivity index is 1.94. The van der Waals surface area contributed by atoms with E-state index in [9.17, 15) is 0 Å². The lowest BCUT2D eigenvalue weighted by atomic mass is 10.0. The van der Waals surface area contributed by atoms with Crippen LogP contribution in [0.25, 0.3) is 0 Å². The molecule has 20 heavy (non-hydrogen) atoms. The molecule has 0 saturated carbocycles. The van der Waals surface area contributed by atoms with Crippen molar-refractivity contribution in [2.75, 3.05) is 19.6 Å². The molecule has 1 aromatic rings. The average molecular weight is 360 g/mol. The molecule has 0 bridgehead atoms. The van der Waals surface area contributed by atoms with Gasteiger partial charge in [0.2, 0.25) is 0 Å². The molecule has 1 saturated heterocycles. The van der Waals surface area contributed by atoms with Crippen molar-refractivity contribution in [2.24, 2.45) is 0 Å². The van der Waals surface area contributed by atoms with Crippen molar-refractivity contribution < 1.29 is 0 Å². The summed E-state index contributed by atoms with van der Waals surface area (Å²) in [6, 6.07) is 6.90. The van der Waals surface area contributed by atoms with Gasteiger partial charge in [-0.25, -0.2) is 0 Å². The predicted molar refractivity (Wildman–Crippen MR) is 90.4 cm³/mol. The lowest BCUT2D eigenvalue weighted by molar-refractivity contribution is 0.217. The lowest BCUT2D eigenvalue weighted by Crippen LogP contribution is -2.43. The maximum atomic E-state index is 6.06. The van der Waals surface area contributed by atoms with Crippen LogP contribution in [-0.2, 0) is 6.54 Å². The first-order chi connectivity index (χ1) is 9.69. The van der Waals surface area contributed by atoms with Crippen LogP contribution in [-0.4, -0.2) is 30.6 Å². The Labute approximate surface area is 136 Å². The highest BCUT2D eigenvalue weighted by atomic mass is 79.9. The summed E-state index contributed by atoms with van der Waals surface area (Å²) in [6.07, 6.45) is 5.20. The summed E-state index contributed by atoms with van der Waals surface area (Å²) >= 11 is 9.57. The summed E-state index contributed by atoms with van der Waals surface area (Å²) < 4.78 is 0.990. The van der Waals surface area contributed by atoms with E-state index in [-0.39, 0.29) is 0 Å². The molecule has 0 spiro atoms. The summed E-state index contributed by atoms with van der Waals surface area (Å²) in [5, 5.41) is 4.42. The summed E-state index contributed by atoms with van der Waals surface area (Å²) in [7, 11) is 0. The first-order valence-corrected chi connectivity index (χ1v) is 8.76. The monoisotopic (exact) mass is 358 g/mol. The van der Waals surface area contributed by atoms with Crippen LogP contribution in [0.3, 0.4) is 0 Å². The van der Waals surface area contributed by atoms with Gasteiger partial charge >= 0.3 is 0 Å². The van der Waals surface area contributed by atoms with Gasteiger partial charge in [0, 0.05) is 23.6 Å². The minimum atomic E-state index is 0.658. The molecular formula is C16H24BrClN2. The van der Waals surface area contributed by atoms with Gasteiger partial charge in [-0.3, -0.25) is 4.90 Å². The molecule has 1 aliphatic rings. The number of halogens is 2. The van der Waals surface area contributed by atoms with Crippen LogP contribution in [0.5, 0.6) is 0 Å².